The number of benzene rings is 2. The van der Waals surface area contributed by atoms with Crippen molar-refractivity contribution in [2.75, 3.05) is 49.6 Å². The Bertz CT molecular complexity index is 1290. The maximum absolute atomic E-state index is 13.4. The van der Waals surface area contributed by atoms with E-state index in [1.54, 1.807) is 37.3 Å². The van der Waals surface area contributed by atoms with E-state index in [4.69, 9.17) is 9.15 Å². The molecule has 1 N–H and O–H groups in total. The van der Waals surface area contributed by atoms with E-state index in [-0.39, 0.29) is 10.8 Å². The van der Waals surface area contributed by atoms with Gasteiger partial charge in [-0.3, -0.25) is 4.79 Å². The number of nitrogens with one attached hydrogen (secondary N) is 1. The molecular formula is C23H26N4O5S. The summed E-state index contributed by atoms with van der Waals surface area (Å²) in [5.74, 6) is 0.182. The van der Waals surface area contributed by atoms with E-state index in [0.29, 0.717) is 54.5 Å². The first-order valence-electron chi connectivity index (χ1n) is 11.1. The van der Waals surface area contributed by atoms with E-state index >= 15 is 0 Å². The third-order valence-corrected chi connectivity index (χ3v) is 7.91. The average Bonchev–Trinajstić information content (AvgIpc) is 3.48. The highest BCUT2D eigenvalue weighted by molar-refractivity contribution is 7.89. The Balaban J connectivity index is 1.49. The van der Waals surface area contributed by atoms with Crippen molar-refractivity contribution in [2.24, 2.45) is 0 Å². The first-order chi connectivity index (χ1) is 15.9. The number of carbonyl (C=O) groups excluding carboxylic acids is 1. The number of fused-ring (bicyclic) bond motifs is 1. The fourth-order valence-electron chi connectivity index (χ4n) is 4.35. The van der Waals surface area contributed by atoms with Crippen molar-refractivity contribution in [1.82, 2.24) is 9.29 Å². The molecule has 0 aliphatic carbocycles. The fourth-order valence-corrected chi connectivity index (χ4v) is 5.78. The van der Waals surface area contributed by atoms with Gasteiger partial charge >= 0.3 is 0 Å². The van der Waals surface area contributed by atoms with Crippen molar-refractivity contribution in [3.05, 3.63) is 47.9 Å². The number of sulfonamides is 1. The van der Waals surface area contributed by atoms with E-state index in [0.717, 1.165) is 31.6 Å². The van der Waals surface area contributed by atoms with Gasteiger partial charge in [-0.15, -0.1) is 0 Å². The summed E-state index contributed by atoms with van der Waals surface area (Å²) < 4.78 is 38.6. The van der Waals surface area contributed by atoms with Crippen LogP contribution >= 0.6 is 0 Å². The van der Waals surface area contributed by atoms with Gasteiger partial charge in [-0.05, 0) is 49.2 Å². The summed E-state index contributed by atoms with van der Waals surface area (Å²) >= 11 is 0. The number of amides is 1. The van der Waals surface area contributed by atoms with Crippen LogP contribution in [0.4, 0.5) is 11.4 Å². The van der Waals surface area contributed by atoms with E-state index in [2.05, 4.69) is 15.2 Å². The molecule has 3 heterocycles. The molecule has 174 valence electrons. The number of aryl methyl sites for hydroxylation is 1. The van der Waals surface area contributed by atoms with Crippen LogP contribution in [0.15, 0.2) is 45.7 Å². The van der Waals surface area contributed by atoms with Crippen LogP contribution < -0.4 is 10.2 Å². The number of ether oxygens (including phenoxy) is 1. The highest BCUT2D eigenvalue weighted by Gasteiger charge is 2.29. The van der Waals surface area contributed by atoms with Crippen LogP contribution in [0.5, 0.6) is 0 Å². The Morgan fingerprint density at radius 1 is 1.03 bits per heavy atom. The Hall–Kier alpha value is -2.95. The molecule has 0 bridgehead atoms. The van der Waals surface area contributed by atoms with Crippen molar-refractivity contribution in [3.63, 3.8) is 0 Å². The van der Waals surface area contributed by atoms with Crippen LogP contribution in [-0.4, -0.2) is 63.0 Å². The largest absolute Gasteiger partial charge is 0.441 e. The zero-order valence-electron chi connectivity index (χ0n) is 18.4. The predicted molar refractivity (Wildman–Crippen MR) is 124 cm³/mol. The summed E-state index contributed by atoms with van der Waals surface area (Å²) in [5.41, 5.74) is 2.93. The fraction of sp³-hybridized carbons (Fsp3) is 0.391. The number of oxazole rings is 1. The average molecular weight is 471 g/mol. The Morgan fingerprint density at radius 3 is 2.55 bits per heavy atom. The molecule has 0 radical (unpaired) electrons. The van der Waals surface area contributed by atoms with Gasteiger partial charge in [0.1, 0.15) is 5.52 Å². The van der Waals surface area contributed by atoms with Gasteiger partial charge < -0.3 is 19.4 Å². The molecule has 0 saturated carbocycles. The summed E-state index contributed by atoms with van der Waals surface area (Å²) in [6, 6.07) is 10.1. The second-order valence-electron chi connectivity index (χ2n) is 8.26. The van der Waals surface area contributed by atoms with Crippen LogP contribution in [0.1, 0.15) is 29.1 Å². The van der Waals surface area contributed by atoms with E-state index in [1.807, 2.05) is 0 Å². The Labute approximate surface area is 192 Å². The smallest absolute Gasteiger partial charge is 0.257 e. The summed E-state index contributed by atoms with van der Waals surface area (Å²) in [6.45, 7) is 4.76. The van der Waals surface area contributed by atoms with Crippen molar-refractivity contribution >= 4 is 38.4 Å². The van der Waals surface area contributed by atoms with Crippen LogP contribution in [0.25, 0.3) is 11.1 Å². The van der Waals surface area contributed by atoms with Crippen molar-refractivity contribution in [2.45, 2.75) is 24.7 Å². The molecule has 1 aromatic heterocycles. The minimum Gasteiger partial charge on any atom is -0.441 e. The molecule has 2 aliphatic rings. The maximum atomic E-state index is 13.4. The highest BCUT2D eigenvalue weighted by Crippen LogP contribution is 2.30. The first kappa shape index (κ1) is 21.9. The number of rotatable bonds is 5. The zero-order chi connectivity index (χ0) is 23.0. The number of aromatic nitrogens is 1. The molecule has 3 aromatic rings. The van der Waals surface area contributed by atoms with Crippen LogP contribution in [0, 0.1) is 6.92 Å². The molecular weight excluding hydrogens is 444 g/mol. The van der Waals surface area contributed by atoms with Crippen molar-refractivity contribution < 1.29 is 22.4 Å². The zero-order valence-corrected chi connectivity index (χ0v) is 19.2. The number of nitrogens with zero attached hydrogens (tertiary/aromatic N) is 3. The molecule has 2 saturated heterocycles. The van der Waals surface area contributed by atoms with Gasteiger partial charge in [-0.1, -0.05) is 0 Å². The van der Waals surface area contributed by atoms with Gasteiger partial charge in [0.15, 0.2) is 11.5 Å². The lowest BCUT2D eigenvalue weighted by Gasteiger charge is -2.27. The number of hydrogen-bond acceptors (Lipinski definition) is 7. The van der Waals surface area contributed by atoms with Crippen LogP contribution in [0.2, 0.25) is 0 Å². The number of carbonyl (C=O) groups is 1. The van der Waals surface area contributed by atoms with Gasteiger partial charge in [0.25, 0.3) is 5.91 Å². The first-order valence-corrected chi connectivity index (χ1v) is 12.5. The molecule has 9 nitrogen and oxygen atoms in total. The van der Waals surface area contributed by atoms with Gasteiger partial charge in [0.05, 0.1) is 23.7 Å². The molecule has 2 aliphatic heterocycles. The molecule has 0 atom stereocenters. The predicted octanol–water partition coefficient (Wildman–Crippen LogP) is 3.01. The third kappa shape index (κ3) is 4.33. The van der Waals surface area contributed by atoms with Gasteiger partial charge in [0, 0.05) is 44.5 Å². The lowest BCUT2D eigenvalue weighted by atomic mass is 10.1. The Kier molecular flexibility index (Phi) is 5.81. The van der Waals surface area contributed by atoms with Crippen molar-refractivity contribution in [3.8, 4) is 0 Å². The van der Waals surface area contributed by atoms with Crippen LogP contribution in [-0.2, 0) is 14.8 Å². The highest BCUT2D eigenvalue weighted by atomic mass is 32.2. The van der Waals surface area contributed by atoms with Crippen molar-refractivity contribution in [1.29, 1.82) is 0 Å². The number of morpholine rings is 1. The summed E-state index contributed by atoms with van der Waals surface area (Å²) in [5, 5.41) is 2.91. The molecule has 0 spiro atoms. The van der Waals surface area contributed by atoms with Gasteiger partial charge in [-0.2, -0.15) is 4.31 Å². The topological polar surface area (TPSA) is 105 Å². The quantitative estimate of drug-likeness (QED) is 0.611. The number of anilines is 2. The molecule has 2 aromatic carbocycles. The number of hydrogen-bond donors (Lipinski definition) is 1. The minimum atomic E-state index is -3.72. The van der Waals surface area contributed by atoms with E-state index < -0.39 is 10.0 Å². The summed E-state index contributed by atoms with van der Waals surface area (Å²) in [7, 11) is -3.72. The minimum absolute atomic E-state index is 0.111. The second-order valence-corrected chi connectivity index (χ2v) is 10.2. The van der Waals surface area contributed by atoms with Gasteiger partial charge in [-0.25, -0.2) is 13.4 Å². The normalized spacial score (nSPS) is 17.5. The summed E-state index contributed by atoms with van der Waals surface area (Å²) in [6.07, 6.45) is 2.08. The lowest BCUT2D eigenvalue weighted by Crippen LogP contribution is -2.40. The third-order valence-electron chi connectivity index (χ3n) is 6.02. The van der Waals surface area contributed by atoms with E-state index in [9.17, 15) is 13.2 Å². The SMILES string of the molecule is Cc1nc2cc(NC(=O)c3cc(S(=O)(=O)N4CCOCC4)ccc3N3CCCC3)ccc2o1. The molecule has 33 heavy (non-hydrogen) atoms. The molecule has 2 fully saturated rings. The molecule has 5 rings (SSSR count). The summed E-state index contributed by atoms with van der Waals surface area (Å²) in [4.78, 5) is 19.9. The lowest BCUT2D eigenvalue weighted by molar-refractivity contribution is 0.0730. The standard InChI is InChI=1S/C23H26N4O5S/c1-16-24-20-14-17(4-7-22(20)32-16)25-23(28)19-15-18(5-6-21(19)26-8-2-3-9-26)33(29,30)27-10-12-31-13-11-27/h4-7,14-15H,2-3,8-13H2,1H3,(H,25,28). The van der Waals surface area contributed by atoms with Gasteiger partial charge in [0.2, 0.25) is 10.0 Å². The molecule has 1 amide bonds. The monoisotopic (exact) mass is 470 g/mol. The molecule has 10 heteroatoms. The van der Waals surface area contributed by atoms with E-state index in [1.165, 1.54) is 10.4 Å². The second kappa shape index (κ2) is 8.77. The Morgan fingerprint density at radius 2 is 1.79 bits per heavy atom. The van der Waals surface area contributed by atoms with Crippen LogP contribution in [0.3, 0.4) is 0 Å². The maximum Gasteiger partial charge on any atom is 0.257 e. The molecule has 0 unspecified atom stereocenters.